The third-order valence-corrected chi connectivity index (χ3v) is 6.78. The van der Waals surface area contributed by atoms with Crippen LogP contribution in [0.25, 0.3) is 31.3 Å². The van der Waals surface area contributed by atoms with E-state index in [1.54, 1.807) is 32.1 Å². The van der Waals surface area contributed by atoms with E-state index in [0.29, 0.717) is 6.42 Å². The molecule has 28 heavy (non-hydrogen) atoms. The van der Waals surface area contributed by atoms with E-state index < -0.39 is 11.2 Å². The monoisotopic (exact) mass is 386 g/mol. The average molecular weight is 386 g/mol. The lowest BCUT2D eigenvalue weighted by Crippen LogP contribution is -2.49. The van der Waals surface area contributed by atoms with Crippen molar-refractivity contribution in [3.63, 3.8) is 0 Å². The Kier molecular flexibility index (Phi) is 4.61. The van der Waals surface area contributed by atoms with Gasteiger partial charge in [-0.3, -0.25) is 0 Å². The maximum absolute atomic E-state index is 10.7. The van der Waals surface area contributed by atoms with Gasteiger partial charge in [-0.25, -0.2) is 0 Å². The summed E-state index contributed by atoms with van der Waals surface area (Å²) in [6.45, 7) is 4.95. The molecule has 2 nitrogen and oxygen atoms in total. The number of rotatable bonds is 4. The minimum Gasteiger partial charge on any atom is -0.387 e. The Labute approximate surface area is 170 Å². The van der Waals surface area contributed by atoms with Crippen LogP contribution >= 0.6 is 11.3 Å². The third-order valence-electron chi connectivity index (χ3n) is 5.66. The van der Waals surface area contributed by atoms with Crippen molar-refractivity contribution in [3.8, 4) is 11.1 Å². The zero-order valence-corrected chi connectivity index (χ0v) is 17.2. The van der Waals surface area contributed by atoms with Crippen molar-refractivity contribution in [2.24, 2.45) is 0 Å². The van der Waals surface area contributed by atoms with Gasteiger partial charge in [-0.05, 0) is 55.0 Å². The molecule has 4 rings (SSSR count). The van der Waals surface area contributed by atoms with Gasteiger partial charge in [0.25, 0.3) is 0 Å². The van der Waals surface area contributed by atoms with Gasteiger partial charge in [-0.1, -0.05) is 54.0 Å². The lowest BCUT2D eigenvalue weighted by atomic mass is 9.82. The summed E-state index contributed by atoms with van der Waals surface area (Å²) < 4.78 is 2.39. The van der Waals surface area contributed by atoms with Gasteiger partial charge < -0.3 is 10.2 Å². The van der Waals surface area contributed by atoms with Crippen molar-refractivity contribution in [2.45, 2.75) is 38.4 Å². The summed E-state index contributed by atoms with van der Waals surface area (Å²) in [6.07, 6.45) is 0.368. The molecule has 0 fully saturated rings. The summed E-state index contributed by atoms with van der Waals surface area (Å²) in [7, 11) is 6.32. The van der Waals surface area contributed by atoms with Crippen LogP contribution in [0.1, 0.15) is 26.3 Å². The Morgan fingerprint density at radius 1 is 0.857 bits per heavy atom. The highest BCUT2D eigenvalue weighted by Crippen LogP contribution is 2.39. The van der Waals surface area contributed by atoms with Gasteiger partial charge in [0.2, 0.25) is 0 Å². The molecule has 0 spiro atoms. The SMILES string of the molecule is [B]c1cccc2sc3cccc(-c4cccc(CC(C)(O)C(C)(C)O)c4)c3c12. The Bertz CT molecular complexity index is 1170. The molecular formula is C24H23BO2S. The minimum atomic E-state index is -1.23. The van der Waals surface area contributed by atoms with E-state index >= 15 is 0 Å². The van der Waals surface area contributed by atoms with Crippen molar-refractivity contribution in [2.75, 3.05) is 0 Å². The molecule has 1 heterocycles. The van der Waals surface area contributed by atoms with Crippen LogP contribution < -0.4 is 5.46 Å². The van der Waals surface area contributed by atoms with Gasteiger partial charge in [0.05, 0.1) is 11.2 Å². The first-order chi connectivity index (χ1) is 13.2. The van der Waals surface area contributed by atoms with E-state index in [4.69, 9.17) is 7.85 Å². The van der Waals surface area contributed by atoms with Crippen LogP contribution in [0.15, 0.2) is 60.7 Å². The molecule has 0 aliphatic carbocycles. The average Bonchev–Trinajstić information content (AvgIpc) is 3.00. The number of thiophene rings is 1. The maximum Gasteiger partial charge on any atom is 0.114 e. The molecule has 2 N–H and O–H groups in total. The quantitative estimate of drug-likeness (QED) is 0.504. The summed E-state index contributed by atoms with van der Waals surface area (Å²) >= 11 is 1.75. The van der Waals surface area contributed by atoms with Crippen molar-refractivity contribution >= 4 is 44.8 Å². The summed E-state index contributed by atoms with van der Waals surface area (Å²) in [5, 5.41) is 23.3. The lowest BCUT2D eigenvalue weighted by molar-refractivity contribution is -0.118. The number of hydrogen-bond donors (Lipinski definition) is 2. The van der Waals surface area contributed by atoms with Crippen LogP contribution in [-0.2, 0) is 6.42 Å². The molecule has 0 bridgehead atoms. The van der Waals surface area contributed by atoms with Crippen LogP contribution in [0.3, 0.4) is 0 Å². The summed E-state index contributed by atoms with van der Waals surface area (Å²) in [5.74, 6) is 0. The topological polar surface area (TPSA) is 40.5 Å². The van der Waals surface area contributed by atoms with E-state index in [0.717, 1.165) is 27.5 Å². The van der Waals surface area contributed by atoms with Crippen molar-refractivity contribution in [1.82, 2.24) is 0 Å². The molecule has 1 aromatic heterocycles. The molecule has 0 saturated carbocycles. The number of hydrogen-bond acceptors (Lipinski definition) is 3. The molecule has 4 heteroatoms. The lowest BCUT2D eigenvalue weighted by Gasteiger charge is -2.35. The maximum atomic E-state index is 10.7. The van der Waals surface area contributed by atoms with Crippen LogP contribution in [0.2, 0.25) is 0 Å². The Morgan fingerprint density at radius 2 is 1.50 bits per heavy atom. The molecule has 2 radical (unpaired) electrons. The molecule has 140 valence electrons. The first kappa shape index (κ1) is 19.2. The van der Waals surface area contributed by atoms with Crippen molar-refractivity contribution < 1.29 is 10.2 Å². The number of fused-ring (bicyclic) bond motifs is 3. The van der Waals surface area contributed by atoms with E-state index in [9.17, 15) is 10.2 Å². The van der Waals surface area contributed by atoms with Gasteiger partial charge in [-0.15, -0.1) is 11.3 Å². The van der Waals surface area contributed by atoms with Gasteiger partial charge in [0, 0.05) is 21.2 Å². The molecule has 0 aliphatic heterocycles. The Morgan fingerprint density at radius 3 is 2.21 bits per heavy atom. The minimum absolute atomic E-state index is 0.368. The Hall–Kier alpha value is -2.14. The highest BCUT2D eigenvalue weighted by atomic mass is 32.1. The van der Waals surface area contributed by atoms with Crippen LogP contribution in [0, 0.1) is 0 Å². The van der Waals surface area contributed by atoms with E-state index in [1.807, 2.05) is 24.3 Å². The number of benzene rings is 3. The molecule has 3 aromatic carbocycles. The second-order valence-electron chi connectivity index (χ2n) is 8.21. The van der Waals surface area contributed by atoms with Crippen LogP contribution in [0.5, 0.6) is 0 Å². The molecule has 4 aromatic rings. The van der Waals surface area contributed by atoms with Gasteiger partial charge >= 0.3 is 0 Å². The standard InChI is InChI=1S/C24H23BO2S/c1-23(2,26)24(3,27)14-15-7-4-8-16(13-15)17-9-5-11-19-21(17)22-18(25)10-6-12-20(22)28-19/h4-13,26-27H,14H2,1-3H3. The van der Waals surface area contributed by atoms with Crippen LogP contribution in [0.4, 0.5) is 0 Å². The predicted octanol–water partition coefficient (Wildman–Crippen LogP) is 4.58. The Balaban J connectivity index is 1.87. The van der Waals surface area contributed by atoms with E-state index in [2.05, 4.69) is 36.4 Å². The molecule has 0 aliphatic rings. The largest absolute Gasteiger partial charge is 0.387 e. The normalized spacial score (nSPS) is 14.5. The van der Waals surface area contributed by atoms with Crippen LogP contribution in [-0.4, -0.2) is 29.3 Å². The highest BCUT2D eigenvalue weighted by Gasteiger charge is 2.37. The van der Waals surface area contributed by atoms with E-state index in [1.165, 1.54) is 14.8 Å². The first-order valence-corrected chi connectivity index (χ1v) is 10.2. The van der Waals surface area contributed by atoms with Gasteiger partial charge in [-0.2, -0.15) is 0 Å². The molecular weight excluding hydrogens is 363 g/mol. The predicted molar refractivity (Wildman–Crippen MR) is 121 cm³/mol. The number of aliphatic hydroxyl groups is 2. The van der Waals surface area contributed by atoms with E-state index in [-0.39, 0.29) is 0 Å². The smallest absolute Gasteiger partial charge is 0.114 e. The summed E-state index contributed by atoms with van der Waals surface area (Å²) in [4.78, 5) is 0. The zero-order valence-electron chi connectivity index (χ0n) is 16.4. The summed E-state index contributed by atoms with van der Waals surface area (Å²) in [6, 6.07) is 20.5. The fourth-order valence-corrected chi connectivity index (χ4v) is 4.76. The first-order valence-electron chi connectivity index (χ1n) is 9.41. The van der Waals surface area contributed by atoms with Gasteiger partial charge in [0.1, 0.15) is 7.85 Å². The highest BCUT2D eigenvalue weighted by molar-refractivity contribution is 7.26. The fourth-order valence-electron chi connectivity index (χ4n) is 3.60. The second-order valence-corrected chi connectivity index (χ2v) is 9.29. The molecule has 1 unspecified atom stereocenters. The second kappa shape index (κ2) is 6.73. The summed E-state index contributed by atoms with van der Waals surface area (Å²) in [5.41, 5.74) is 1.56. The fraction of sp³-hybridized carbons (Fsp3) is 0.250. The van der Waals surface area contributed by atoms with Crippen molar-refractivity contribution in [1.29, 1.82) is 0 Å². The molecule has 0 saturated heterocycles. The third kappa shape index (κ3) is 3.26. The molecule has 0 amide bonds. The molecule has 1 atom stereocenters. The van der Waals surface area contributed by atoms with Crippen molar-refractivity contribution in [3.05, 3.63) is 66.2 Å². The zero-order chi connectivity index (χ0) is 20.1. The van der Waals surface area contributed by atoms with Gasteiger partial charge in [0.15, 0.2) is 0 Å².